The molecule has 1 saturated heterocycles. The molecule has 0 aromatic carbocycles. The van der Waals surface area contributed by atoms with E-state index in [9.17, 15) is 0 Å². The summed E-state index contributed by atoms with van der Waals surface area (Å²) in [7, 11) is 0. The van der Waals surface area contributed by atoms with E-state index in [1.807, 2.05) is 0 Å². The molecule has 0 radical (unpaired) electrons. The molecule has 0 bridgehead atoms. The van der Waals surface area contributed by atoms with Gasteiger partial charge in [0, 0.05) is 19.2 Å². The largest absolute Gasteiger partial charge is 0.379 e. The quantitative estimate of drug-likeness (QED) is 0.676. The van der Waals surface area contributed by atoms with Crippen molar-refractivity contribution in [1.29, 1.82) is 0 Å². The molecule has 76 valence electrons. The molecule has 3 nitrogen and oxygen atoms in total. The number of nitrogens with two attached hydrogens (primary N) is 1. The third-order valence-corrected chi connectivity index (χ3v) is 3.23. The molecule has 1 aliphatic carbocycles. The summed E-state index contributed by atoms with van der Waals surface area (Å²) in [6, 6.07) is 0.723. The Balaban J connectivity index is 1.71. The lowest BCUT2D eigenvalue weighted by atomic mass is 10.00. The van der Waals surface area contributed by atoms with Gasteiger partial charge in [0.2, 0.25) is 0 Å². The lowest BCUT2D eigenvalue weighted by Gasteiger charge is -2.24. The van der Waals surface area contributed by atoms with Gasteiger partial charge in [0.25, 0.3) is 0 Å². The van der Waals surface area contributed by atoms with Crippen LogP contribution < -0.4 is 11.1 Å². The summed E-state index contributed by atoms with van der Waals surface area (Å²) in [4.78, 5) is 0. The Morgan fingerprint density at radius 2 is 2.15 bits per heavy atom. The maximum atomic E-state index is 6.15. The van der Waals surface area contributed by atoms with E-state index in [0.29, 0.717) is 0 Å². The van der Waals surface area contributed by atoms with Crippen molar-refractivity contribution in [2.24, 2.45) is 5.73 Å². The van der Waals surface area contributed by atoms with Crippen molar-refractivity contribution >= 4 is 0 Å². The molecule has 1 atom stereocenters. The molecule has 1 heterocycles. The summed E-state index contributed by atoms with van der Waals surface area (Å²) in [5, 5.41) is 3.56. The summed E-state index contributed by atoms with van der Waals surface area (Å²) >= 11 is 0. The smallest absolute Gasteiger partial charge is 0.0659 e. The van der Waals surface area contributed by atoms with E-state index in [-0.39, 0.29) is 5.54 Å². The number of hydrogen-bond donors (Lipinski definition) is 2. The minimum Gasteiger partial charge on any atom is -0.379 e. The third kappa shape index (κ3) is 2.42. The Kier molecular flexibility index (Phi) is 2.86. The molecule has 2 fully saturated rings. The Labute approximate surface area is 80.0 Å². The van der Waals surface area contributed by atoms with Crippen molar-refractivity contribution in [3.05, 3.63) is 0 Å². The molecule has 13 heavy (non-hydrogen) atoms. The lowest BCUT2D eigenvalue weighted by molar-refractivity contribution is 0.176. The van der Waals surface area contributed by atoms with Crippen LogP contribution in [-0.4, -0.2) is 31.3 Å². The van der Waals surface area contributed by atoms with Crippen molar-refractivity contribution in [3.8, 4) is 0 Å². The van der Waals surface area contributed by atoms with E-state index < -0.39 is 0 Å². The van der Waals surface area contributed by atoms with Crippen LogP contribution in [0.5, 0.6) is 0 Å². The van der Waals surface area contributed by atoms with Crippen LogP contribution >= 0.6 is 0 Å². The fraction of sp³-hybridized carbons (Fsp3) is 1.00. The minimum atomic E-state index is -0.0808. The van der Waals surface area contributed by atoms with E-state index in [1.54, 1.807) is 0 Å². The van der Waals surface area contributed by atoms with Crippen molar-refractivity contribution in [2.45, 2.75) is 43.7 Å². The second kappa shape index (κ2) is 3.95. The fourth-order valence-corrected chi connectivity index (χ4v) is 2.24. The van der Waals surface area contributed by atoms with Crippen molar-refractivity contribution in [1.82, 2.24) is 5.32 Å². The first-order valence-corrected chi connectivity index (χ1v) is 5.39. The summed E-state index contributed by atoms with van der Waals surface area (Å²) < 4.78 is 5.31. The number of rotatable bonds is 3. The highest BCUT2D eigenvalue weighted by Crippen LogP contribution is 2.19. The van der Waals surface area contributed by atoms with E-state index in [4.69, 9.17) is 10.5 Å². The second-order valence-corrected chi connectivity index (χ2v) is 4.53. The Bertz CT molecular complexity index is 160. The van der Waals surface area contributed by atoms with Gasteiger partial charge in [0.05, 0.1) is 12.1 Å². The maximum Gasteiger partial charge on any atom is 0.0659 e. The lowest BCUT2D eigenvalue weighted by Crippen LogP contribution is -2.51. The topological polar surface area (TPSA) is 47.3 Å². The van der Waals surface area contributed by atoms with Gasteiger partial charge in [-0.3, -0.25) is 0 Å². The van der Waals surface area contributed by atoms with Crippen molar-refractivity contribution in [3.63, 3.8) is 0 Å². The Morgan fingerprint density at radius 1 is 1.38 bits per heavy atom. The van der Waals surface area contributed by atoms with E-state index >= 15 is 0 Å². The normalized spacial score (nSPS) is 35.8. The zero-order chi connectivity index (χ0) is 9.15. The maximum absolute atomic E-state index is 6.15. The second-order valence-electron chi connectivity index (χ2n) is 4.53. The van der Waals surface area contributed by atoms with Crippen LogP contribution in [-0.2, 0) is 4.74 Å². The Morgan fingerprint density at radius 3 is 2.77 bits per heavy atom. The van der Waals surface area contributed by atoms with Gasteiger partial charge in [-0.1, -0.05) is 12.8 Å². The highest BCUT2D eigenvalue weighted by atomic mass is 16.5. The molecule has 2 aliphatic rings. The van der Waals surface area contributed by atoms with Gasteiger partial charge in [-0.25, -0.2) is 0 Å². The van der Waals surface area contributed by atoms with Crippen LogP contribution in [0.4, 0.5) is 0 Å². The molecule has 1 aliphatic heterocycles. The number of ether oxygens (including phenoxy) is 1. The van der Waals surface area contributed by atoms with Gasteiger partial charge in [-0.15, -0.1) is 0 Å². The zero-order valence-electron chi connectivity index (χ0n) is 8.22. The molecular formula is C10H20N2O. The SMILES string of the molecule is NC1(CNC2CCCC2)CCOC1. The number of hydrogen-bond acceptors (Lipinski definition) is 3. The molecule has 0 aromatic rings. The first kappa shape index (κ1) is 9.44. The van der Waals surface area contributed by atoms with Gasteiger partial charge in [0.15, 0.2) is 0 Å². The van der Waals surface area contributed by atoms with Gasteiger partial charge in [0.1, 0.15) is 0 Å². The monoisotopic (exact) mass is 184 g/mol. The molecule has 0 aromatic heterocycles. The first-order chi connectivity index (χ1) is 6.29. The van der Waals surface area contributed by atoms with Crippen LogP contribution in [0.15, 0.2) is 0 Å². The van der Waals surface area contributed by atoms with E-state index in [2.05, 4.69) is 5.32 Å². The molecule has 0 amide bonds. The summed E-state index contributed by atoms with van der Waals surface area (Å²) in [5.41, 5.74) is 6.07. The van der Waals surface area contributed by atoms with E-state index in [1.165, 1.54) is 25.7 Å². The Hall–Kier alpha value is -0.120. The molecule has 2 rings (SSSR count). The van der Waals surface area contributed by atoms with Crippen LogP contribution in [0.2, 0.25) is 0 Å². The number of nitrogens with one attached hydrogen (secondary N) is 1. The molecule has 3 N–H and O–H groups in total. The summed E-state index contributed by atoms with van der Waals surface area (Å²) in [5.74, 6) is 0. The molecule has 0 spiro atoms. The van der Waals surface area contributed by atoms with Gasteiger partial charge >= 0.3 is 0 Å². The summed E-state index contributed by atoms with van der Waals surface area (Å²) in [6.45, 7) is 2.49. The predicted octanol–water partition coefficient (Wildman–Crippen LogP) is 0.636. The van der Waals surface area contributed by atoms with Crippen molar-refractivity contribution in [2.75, 3.05) is 19.8 Å². The van der Waals surface area contributed by atoms with Gasteiger partial charge in [-0.2, -0.15) is 0 Å². The molecule has 3 heteroatoms. The van der Waals surface area contributed by atoms with Crippen LogP contribution in [0.3, 0.4) is 0 Å². The highest BCUT2D eigenvalue weighted by molar-refractivity contribution is 4.91. The first-order valence-electron chi connectivity index (χ1n) is 5.39. The summed E-state index contributed by atoms with van der Waals surface area (Å²) in [6.07, 6.45) is 6.43. The average molecular weight is 184 g/mol. The zero-order valence-corrected chi connectivity index (χ0v) is 8.22. The molecule has 1 unspecified atom stereocenters. The minimum absolute atomic E-state index is 0.0808. The third-order valence-electron chi connectivity index (χ3n) is 3.23. The molecular weight excluding hydrogens is 164 g/mol. The van der Waals surface area contributed by atoms with Crippen LogP contribution in [0.25, 0.3) is 0 Å². The molecule has 1 saturated carbocycles. The fourth-order valence-electron chi connectivity index (χ4n) is 2.24. The highest BCUT2D eigenvalue weighted by Gasteiger charge is 2.31. The van der Waals surface area contributed by atoms with Crippen molar-refractivity contribution < 1.29 is 4.74 Å². The van der Waals surface area contributed by atoms with Crippen LogP contribution in [0, 0.1) is 0 Å². The standard InChI is InChI=1S/C10H20N2O/c11-10(5-6-13-8-10)7-12-9-3-1-2-4-9/h9,12H,1-8,11H2. The van der Waals surface area contributed by atoms with Crippen LogP contribution in [0.1, 0.15) is 32.1 Å². The average Bonchev–Trinajstić information content (AvgIpc) is 2.72. The van der Waals surface area contributed by atoms with E-state index in [0.717, 1.165) is 32.2 Å². The van der Waals surface area contributed by atoms with Gasteiger partial charge in [-0.05, 0) is 19.3 Å². The predicted molar refractivity (Wildman–Crippen MR) is 52.6 cm³/mol. The van der Waals surface area contributed by atoms with Gasteiger partial charge < -0.3 is 15.8 Å².